The molecule has 106 valence electrons. The van der Waals surface area contributed by atoms with Gasteiger partial charge in [0.05, 0.1) is 0 Å². The summed E-state index contributed by atoms with van der Waals surface area (Å²) in [5.41, 5.74) is 0.581. The summed E-state index contributed by atoms with van der Waals surface area (Å²) in [5.74, 6) is -2.91. The molecule has 1 saturated heterocycles. The first-order valence-electron chi connectivity index (χ1n) is 5.97. The molecule has 1 aliphatic rings. The van der Waals surface area contributed by atoms with E-state index >= 15 is 0 Å². The maximum absolute atomic E-state index is 13.2. The van der Waals surface area contributed by atoms with Crippen molar-refractivity contribution in [2.45, 2.75) is 13.0 Å². The second-order valence-electron chi connectivity index (χ2n) is 4.55. The third kappa shape index (κ3) is 2.61. The smallest absolute Gasteiger partial charge is 0.328 e. The van der Waals surface area contributed by atoms with Crippen LogP contribution in [0.4, 0.5) is 4.39 Å². The van der Waals surface area contributed by atoms with Crippen molar-refractivity contribution in [3.05, 3.63) is 35.1 Å². The van der Waals surface area contributed by atoms with Gasteiger partial charge in [-0.3, -0.25) is 9.59 Å². The molecule has 2 amide bonds. The number of hydrogen-bond donors (Lipinski definition) is 2. The molecular formula is C13H13FN2O4. The van der Waals surface area contributed by atoms with Crippen molar-refractivity contribution in [2.75, 3.05) is 13.1 Å². The fourth-order valence-electron chi connectivity index (χ4n) is 2.05. The van der Waals surface area contributed by atoms with E-state index in [1.54, 1.807) is 6.92 Å². The number of aliphatic carboxylic acids is 1. The fourth-order valence-corrected chi connectivity index (χ4v) is 2.05. The number of amides is 2. The van der Waals surface area contributed by atoms with Gasteiger partial charge in [0, 0.05) is 12.1 Å². The summed E-state index contributed by atoms with van der Waals surface area (Å²) in [6.45, 7) is 1.10. The van der Waals surface area contributed by atoms with E-state index in [1.165, 1.54) is 12.1 Å². The van der Waals surface area contributed by atoms with Crippen molar-refractivity contribution < 1.29 is 23.9 Å². The zero-order valence-corrected chi connectivity index (χ0v) is 10.7. The van der Waals surface area contributed by atoms with Gasteiger partial charge in [0.25, 0.3) is 5.91 Å². The molecule has 0 aliphatic carbocycles. The van der Waals surface area contributed by atoms with Crippen LogP contribution in [0.1, 0.15) is 15.9 Å². The Morgan fingerprint density at radius 1 is 1.45 bits per heavy atom. The van der Waals surface area contributed by atoms with E-state index in [2.05, 4.69) is 5.32 Å². The van der Waals surface area contributed by atoms with Crippen molar-refractivity contribution in [3.8, 4) is 0 Å². The molecule has 6 nitrogen and oxygen atoms in total. The molecule has 7 heteroatoms. The molecule has 0 saturated carbocycles. The molecule has 2 rings (SSSR count). The molecule has 1 atom stereocenters. The van der Waals surface area contributed by atoms with Gasteiger partial charge in [-0.15, -0.1) is 0 Å². The van der Waals surface area contributed by atoms with Gasteiger partial charge in [0.1, 0.15) is 18.4 Å². The number of halogens is 1. The van der Waals surface area contributed by atoms with Gasteiger partial charge in [0.2, 0.25) is 5.91 Å². The third-order valence-electron chi connectivity index (χ3n) is 3.16. The number of carbonyl (C=O) groups excluding carboxylic acids is 2. The monoisotopic (exact) mass is 280 g/mol. The predicted molar refractivity (Wildman–Crippen MR) is 66.6 cm³/mol. The summed E-state index contributed by atoms with van der Waals surface area (Å²) in [6.07, 6.45) is 0. The van der Waals surface area contributed by atoms with Gasteiger partial charge in [-0.1, -0.05) is 6.07 Å². The molecule has 1 aromatic carbocycles. The minimum absolute atomic E-state index is 0.0611. The second-order valence-corrected chi connectivity index (χ2v) is 4.55. The first kappa shape index (κ1) is 14.0. The SMILES string of the molecule is Cc1ccc(F)cc1C(=O)N1CC(=O)NCC1C(=O)O. The van der Waals surface area contributed by atoms with Crippen LogP contribution in [0.25, 0.3) is 0 Å². The van der Waals surface area contributed by atoms with Crippen molar-refractivity contribution in [3.63, 3.8) is 0 Å². The van der Waals surface area contributed by atoms with Crippen LogP contribution in [0.5, 0.6) is 0 Å². The van der Waals surface area contributed by atoms with Crippen LogP contribution in [0.2, 0.25) is 0 Å². The summed E-state index contributed by atoms with van der Waals surface area (Å²) >= 11 is 0. The molecule has 2 N–H and O–H groups in total. The number of piperazine rings is 1. The van der Waals surface area contributed by atoms with E-state index in [0.29, 0.717) is 5.56 Å². The van der Waals surface area contributed by atoms with E-state index in [1.807, 2.05) is 0 Å². The second kappa shape index (κ2) is 5.28. The number of rotatable bonds is 2. The first-order valence-corrected chi connectivity index (χ1v) is 5.97. The summed E-state index contributed by atoms with van der Waals surface area (Å²) in [5, 5.41) is 11.5. The number of benzene rings is 1. The van der Waals surface area contributed by atoms with Crippen LogP contribution in [0.15, 0.2) is 18.2 Å². The molecule has 1 fully saturated rings. The number of carboxylic acids is 1. The van der Waals surface area contributed by atoms with Crippen LogP contribution in [0.3, 0.4) is 0 Å². The highest BCUT2D eigenvalue weighted by Crippen LogP contribution is 2.16. The molecule has 20 heavy (non-hydrogen) atoms. The van der Waals surface area contributed by atoms with Crippen LogP contribution in [-0.4, -0.2) is 46.9 Å². The lowest BCUT2D eigenvalue weighted by Crippen LogP contribution is -2.59. The van der Waals surface area contributed by atoms with Gasteiger partial charge in [-0.05, 0) is 24.6 Å². The molecular weight excluding hydrogens is 267 g/mol. The van der Waals surface area contributed by atoms with Gasteiger partial charge in [-0.25, -0.2) is 9.18 Å². The van der Waals surface area contributed by atoms with Crippen LogP contribution in [-0.2, 0) is 9.59 Å². The normalized spacial score (nSPS) is 18.6. The lowest BCUT2D eigenvalue weighted by Gasteiger charge is -2.33. The highest BCUT2D eigenvalue weighted by atomic mass is 19.1. The van der Waals surface area contributed by atoms with E-state index in [-0.39, 0.29) is 18.7 Å². The number of nitrogens with zero attached hydrogens (tertiary/aromatic N) is 1. The summed E-state index contributed by atoms with van der Waals surface area (Å²) in [7, 11) is 0. The van der Waals surface area contributed by atoms with Gasteiger partial charge >= 0.3 is 5.97 Å². The summed E-state index contributed by atoms with van der Waals surface area (Å²) < 4.78 is 13.2. The predicted octanol–water partition coefficient (Wildman–Crippen LogP) is 0.159. The molecule has 1 heterocycles. The average Bonchev–Trinajstić information content (AvgIpc) is 2.40. The highest BCUT2D eigenvalue weighted by molar-refractivity contribution is 6.00. The average molecular weight is 280 g/mol. The number of carboxylic acid groups (broad SMARTS) is 1. The fraction of sp³-hybridized carbons (Fsp3) is 0.308. The van der Waals surface area contributed by atoms with Crippen molar-refractivity contribution in [1.29, 1.82) is 0 Å². The third-order valence-corrected chi connectivity index (χ3v) is 3.16. The number of carbonyl (C=O) groups is 3. The summed E-state index contributed by atoms with van der Waals surface area (Å²) in [6, 6.07) is 2.54. The number of aryl methyl sites for hydroxylation is 1. The zero-order chi connectivity index (χ0) is 14.9. The topological polar surface area (TPSA) is 86.7 Å². The Morgan fingerprint density at radius 3 is 2.80 bits per heavy atom. The Bertz CT molecular complexity index is 588. The summed E-state index contributed by atoms with van der Waals surface area (Å²) in [4.78, 5) is 35.8. The van der Waals surface area contributed by atoms with Crippen molar-refractivity contribution in [1.82, 2.24) is 10.2 Å². The number of nitrogens with one attached hydrogen (secondary N) is 1. The van der Waals surface area contributed by atoms with E-state index in [9.17, 15) is 18.8 Å². The standard InChI is InChI=1S/C13H13FN2O4/c1-7-2-3-8(14)4-9(7)12(18)16-6-11(17)15-5-10(16)13(19)20/h2-4,10H,5-6H2,1H3,(H,15,17)(H,19,20). The van der Waals surface area contributed by atoms with Crippen LogP contribution >= 0.6 is 0 Å². The molecule has 0 bridgehead atoms. The Kier molecular flexibility index (Phi) is 3.69. The van der Waals surface area contributed by atoms with Crippen LogP contribution < -0.4 is 5.32 Å². The maximum Gasteiger partial charge on any atom is 0.328 e. The molecule has 0 aromatic heterocycles. The number of hydrogen-bond acceptors (Lipinski definition) is 3. The Morgan fingerprint density at radius 2 is 2.15 bits per heavy atom. The van der Waals surface area contributed by atoms with Crippen molar-refractivity contribution in [2.24, 2.45) is 0 Å². The first-order chi connectivity index (χ1) is 9.40. The van der Waals surface area contributed by atoms with Gasteiger partial charge in [-0.2, -0.15) is 0 Å². The lowest BCUT2D eigenvalue weighted by molar-refractivity contribution is -0.144. The molecule has 1 aliphatic heterocycles. The minimum atomic E-state index is -1.22. The highest BCUT2D eigenvalue weighted by Gasteiger charge is 2.36. The van der Waals surface area contributed by atoms with E-state index < -0.39 is 29.6 Å². The Balaban J connectivity index is 2.36. The maximum atomic E-state index is 13.2. The van der Waals surface area contributed by atoms with Crippen molar-refractivity contribution >= 4 is 17.8 Å². The lowest BCUT2D eigenvalue weighted by atomic mass is 10.1. The molecule has 1 unspecified atom stereocenters. The van der Waals surface area contributed by atoms with E-state index in [0.717, 1.165) is 11.0 Å². The molecule has 0 radical (unpaired) electrons. The van der Waals surface area contributed by atoms with Crippen LogP contribution in [0, 0.1) is 12.7 Å². The zero-order valence-electron chi connectivity index (χ0n) is 10.7. The molecule has 0 spiro atoms. The van der Waals surface area contributed by atoms with Gasteiger partial charge in [0.15, 0.2) is 0 Å². The van der Waals surface area contributed by atoms with Gasteiger partial charge < -0.3 is 15.3 Å². The van der Waals surface area contributed by atoms with E-state index in [4.69, 9.17) is 5.11 Å². The Hall–Kier alpha value is -2.44. The molecule has 1 aromatic rings. The quantitative estimate of drug-likeness (QED) is 0.808. The largest absolute Gasteiger partial charge is 0.480 e. The Labute approximate surface area is 114 Å². The minimum Gasteiger partial charge on any atom is -0.480 e.